The summed E-state index contributed by atoms with van der Waals surface area (Å²) >= 11 is 1.58. The summed E-state index contributed by atoms with van der Waals surface area (Å²) in [4.78, 5) is 32.6. The van der Waals surface area contributed by atoms with Crippen LogP contribution < -0.4 is 10.6 Å². The molecule has 110 valence electrons. The van der Waals surface area contributed by atoms with Gasteiger partial charge in [0.25, 0.3) is 0 Å². The number of piperazine rings is 1. The van der Waals surface area contributed by atoms with Gasteiger partial charge in [-0.2, -0.15) is 0 Å². The molecule has 0 saturated carbocycles. The Morgan fingerprint density at radius 2 is 2.29 bits per heavy atom. The molecule has 0 unspecified atom stereocenters. The second-order valence-corrected chi connectivity index (χ2v) is 6.42. The lowest BCUT2D eigenvalue weighted by atomic mass is 9.91. The number of carbonyl (C=O) groups excluding carboxylic acids is 2. The van der Waals surface area contributed by atoms with Gasteiger partial charge >= 0.3 is 0 Å². The molecule has 0 aliphatic carbocycles. The minimum Gasteiger partial charge on any atom is -0.348 e. The number of hydrogen-bond donors (Lipinski definition) is 3. The number of H-pyrrole nitrogens is 1. The van der Waals surface area contributed by atoms with Crippen LogP contribution >= 0.6 is 11.3 Å². The third kappa shape index (κ3) is 2.82. The van der Waals surface area contributed by atoms with Gasteiger partial charge in [-0.3, -0.25) is 9.59 Å². The summed E-state index contributed by atoms with van der Waals surface area (Å²) in [6.45, 7) is 1.76. The zero-order valence-electron chi connectivity index (χ0n) is 11.6. The van der Waals surface area contributed by atoms with Crippen LogP contribution in [0.4, 0.5) is 0 Å². The smallest absolute Gasteiger partial charge is 0.246 e. The second kappa shape index (κ2) is 5.33. The minimum absolute atomic E-state index is 0.153. The molecule has 2 amide bonds. The molecule has 0 spiro atoms. The topological polar surface area (TPSA) is 86.9 Å². The summed E-state index contributed by atoms with van der Waals surface area (Å²) in [6.07, 6.45) is 4.11. The average molecular weight is 304 g/mol. The Bertz CT molecular complexity index is 638. The summed E-state index contributed by atoms with van der Waals surface area (Å²) < 4.78 is 0. The highest BCUT2D eigenvalue weighted by molar-refractivity contribution is 7.09. The highest BCUT2D eigenvalue weighted by atomic mass is 32.1. The number of carbonyl (C=O) groups is 2. The summed E-state index contributed by atoms with van der Waals surface area (Å²) in [7, 11) is 0. The molecule has 21 heavy (non-hydrogen) atoms. The molecule has 3 N–H and O–H groups in total. The van der Waals surface area contributed by atoms with Crippen molar-refractivity contribution in [3.05, 3.63) is 40.6 Å². The van der Waals surface area contributed by atoms with Crippen LogP contribution in [0, 0.1) is 0 Å². The van der Waals surface area contributed by atoms with E-state index in [1.165, 1.54) is 0 Å². The van der Waals surface area contributed by atoms with Crippen molar-refractivity contribution in [2.75, 3.05) is 0 Å². The number of aromatic nitrogens is 2. The zero-order chi connectivity index (χ0) is 14.9. The molecule has 2 aromatic rings. The average Bonchev–Trinajstić information content (AvgIpc) is 3.09. The fraction of sp³-hybridized carbons (Fsp3) is 0.357. The predicted octanol–water partition coefficient (Wildman–Crippen LogP) is 0.630. The molecule has 1 aliphatic heterocycles. The Morgan fingerprint density at radius 3 is 2.95 bits per heavy atom. The van der Waals surface area contributed by atoms with Crippen LogP contribution in [0.2, 0.25) is 0 Å². The molecular weight excluding hydrogens is 288 g/mol. The van der Waals surface area contributed by atoms with Crippen LogP contribution in [-0.4, -0.2) is 33.4 Å². The monoisotopic (exact) mass is 304 g/mol. The van der Waals surface area contributed by atoms with Crippen molar-refractivity contribution in [3.8, 4) is 0 Å². The fourth-order valence-electron chi connectivity index (χ4n) is 2.44. The van der Waals surface area contributed by atoms with Gasteiger partial charge in [0.2, 0.25) is 11.8 Å². The van der Waals surface area contributed by atoms with Crippen molar-refractivity contribution in [1.29, 1.82) is 0 Å². The molecule has 0 radical (unpaired) electrons. The first-order valence-electron chi connectivity index (χ1n) is 6.69. The van der Waals surface area contributed by atoms with E-state index in [0.29, 0.717) is 12.8 Å². The van der Waals surface area contributed by atoms with Gasteiger partial charge in [0.1, 0.15) is 11.6 Å². The van der Waals surface area contributed by atoms with Gasteiger partial charge < -0.3 is 15.6 Å². The van der Waals surface area contributed by atoms with Crippen molar-refractivity contribution < 1.29 is 9.59 Å². The number of nitrogens with one attached hydrogen (secondary N) is 3. The van der Waals surface area contributed by atoms with E-state index in [4.69, 9.17) is 0 Å². The Balaban J connectivity index is 1.71. The maximum absolute atomic E-state index is 12.4. The van der Waals surface area contributed by atoms with E-state index >= 15 is 0 Å². The predicted molar refractivity (Wildman–Crippen MR) is 78.8 cm³/mol. The van der Waals surface area contributed by atoms with Gasteiger partial charge in [-0.15, -0.1) is 11.3 Å². The number of thiophene rings is 1. The summed E-state index contributed by atoms with van der Waals surface area (Å²) in [5, 5.41) is 7.64. The maximum atomic E-state index is 12.4. The van der Waals surface area contributed by atoms with E-state index in [1.807, 2.05) is 17.5 Å². The van der Waals surface area contributed by atoms with Gasteiger partial charge in [-0.1, -0.05) is 6.07 Å². The molecule has 3 heterocycles. The molecule has 3 rings (SSSR count). The van der Waals surface area contributed by atoms with Crippen LogP contribution in [0.3, 0.4) is 0 Å². The first-order chi connectivity index (χ1) is 10.1. The van der Waals surface area contributed by atoms with Crippen LogP contribution in [-0.2, 0) is 22.4 Å². The largest absolute Gasteiger partial charge is 0.348 e. The van der Waals surface area contributed by atoms with Crippen molar-refractivity contribution in [2.24, 2.45) is 0 Å². The molecule has 2 aromatic heterocycles. The van der Waals surface area contributed by atoms with Gasteiger partial charge in [0, 0.05) is 29.6 Å². The Hall–Kier alpha value is -2.15. The van der Waals surface area contributed by atoms with E-state index in [0.717, 1.165) is 10.6 Å². The van der Waals surface area contributed by atoms with Crippen LogP contribution in [0.1, 0.15) is 17.5 Å². The Labute approximate surface area is 126 Å². The molecule has 6 nitrogen and oxygen atoms in total. The number of nitrogens with zero attached hydrogens (tertiary/aromatic N) is 1. The van der Waals surface area contributed by atoms with Crippen molar-refractivity contribution in [2.45, 2.75) is 31.3 Å². The lowest BCUT2D eigenvalue weighted by molar-refractivity contribution is -0.140. The molecule has 1 saturated heterocycles. The first-order valence-corrected chi connectivity index (χ1v) is 7.57. The standard InChI is InChI=1S/C14H16N4O2S/c1-14(6-10-3-2-4-21-10)13(20)17-11(12(19)18-14)5-9-7-15-8-16-9/h2-4,7-8,11H,5-6H2,1H3,(H,15,16)(H,17,20)(H,18,19)/t11-,14-/m0/s1. The molecule has 1 aliphatic rings. The van der Waals surface area contributed by atoms with Gasteiger partial charge in [0.15, 0.2) is 0 Å². The quantitative estimate of drug-likeness (QED) is 0.774. The molecule has 0 bridgehead atoms. The number of amides is 2. The molecule has 7 heteroatoms. The second-order valence-electron chi connectivity index (χ2n) is 5.38. The number of rotatable bonds is 4. The number of aromatic amines is 1. The third-order valence-electron chi connectivity index (χ3n) is 3.61. The van der Waals surface area contributed by atoms with Gasteiger partial charge in [-0.05, 0) is 18.4 Å². The molecule has 2 atom stereocenters. The van der Waals surface area contributed by atoms with Crippen molar-refractivity contribution in [1.82, 2.24) is 20.6 Å². The number of imidazole rings is 1. The Morgan fingerprint density at radius 1 is 1.43 bits per heavy atom. The molecular formula is C14H16N4O2S. The number of hydrogen-bond acceptors (Lipinski definition) is 4. The van der Waals surface area contributed by atoms with E-state index in [-0.39, 0.29) is 11.8 Å². The lowest BCUT2D eigenvalue weighted by Crippen LogP contribution is -2.69. The van der Waals surface area contributed by atoms with E-state index in [2.05, 4.69) is 20.6 Å². The van der Waals surface area contributed by atoms with Crippen LogP contribution in [0.15, 0.2) is 30.0 Å². The lowest BCUT2D eigenvalue weighted by Gasteiger charge is -2.37. The highest BCUT2D eigenvalue weighted by Crippen LogP contribution is 2.21. The third-order valence-corrected chi connectivity index (χ3v) is 4.49. The molecule has 0 aromatic carbocycles. The van der Waals surface area contributed by atoms with Gasteiger partial charge in [-0.25, -0.2) is 4.98 Å². The van der Waals surface area contributed by atoms with Crippen molar-refractivity contribution >= 4 is 23.2 Å². The van der Waals surface area contributed by atoms with Crippen molar-refractivity contribution in [3.63, 3.8) is 0 Å². The van der Waals surface area contributed by atoms with Crippen LogP contribution in [0.5, 0.6) is 0 Å². The zero-order valence-corrected chi connectivity index (χ0v) is 12.4. The maximum Gasteiger partial charge on any atom is 0.246 e. The summed E-state index contributed by atoms with van der Waals surface area (Å²) in [6, 6.07) is 3.34. The summed E-state index contributed by atoms with van der Waals surface area (Å²) in [5.41, 5.74) is -0.0795. The highest BCUT2D eigenvalue weighted by Gasteiger charge is 2.43. The van der Waals surface area contributed by atoms with Gasteiger partial charge in [0.05, 0.1) is 6.33 Å². The normalized spacial score (nSPS) is 25.5. The SMILES string of the molecule is C[C@@]1(Cc2cccs2)NC(=O)[C@H](Cc2cnc[nH]2)NC1=O. The fourth-order valence-corrected chi connectivity index (χ4v) is 3.31. The van der Waals surface area contributed by atoms with Crippen LogP contribution in [0.25, 0.3) is 0 Å². The van der Waals surface area contributed by atoms with E-state index < -0.39 is 11.6 Å². The van der Waals surface area contributed by atoms with E-state index in [9.17, 15) is 9.59 Å². The Kier molecular flexibility index (Phi) is 3.50. The molecule has 1 fully saturated rings. The summed E-state index contributed by atoms with van der Waals surface area (Å²) in [5.74, 6) is -0.316. The minimum atomic E-state index is -0.896. The first kappa shape index (κ1) is 13.8. The van der Waals surface area contributed by atoms with E-state index in [1.54, 1.807) is 30.8 Å².